The molecule has 0 spiro atoms. The first-order valence-electron chi connectivity index (χ1n) is 6.84. The molecule has 1 unspecified atom stereocenters. The molecule has 1 aliphatic rings. The van der Waals surface area contributed by atoms with Crippen LogP contribution in [0.25, 0.3) is 0 Å². The average molecular weight is 212 g/mol. The lowest BCUT2D eigenvalue weighted by molar-refractivity contribution is 0.0223. The van der Waals surface area contributed by atoms with Crippen LogP contribution in [0.15, 0.2) is 0 Å². The second kappa shape index (κ2) is 7.27. The maximum absolute atomic E-state index is 5.92. The largest absolute Gasteiger partial charge is 0.378 e. The number of hydrogen-bond donors (Lipinski definition) is 0. The molecule has 1 fully saturated rings. The van der Waals surface area contributed by atoms with Gasteiger partial charge in [0.05, 0.1) is 6.10 Å². The maximum atomic E-state index is 5.92. The second-order valence-corrected chi connectivity index (χ2v) is 5.41. The summed E-state index contributed by atoms with van der Waals surface area (Å²) in [6.45, 7) is 7.86. The van der Waals surface area contributed by atoms with Gasteiger partial charge in [-0.25, -0.2) is 0 Å². The van der Waals surface area contributed by atoms with E-state index in [0.717, 1.165) is 18.4 Å². The van der Waals surface area contributed by atoms with Gasteiger partial charge in [0, 0.05) is 6.61 Å². The Morgan fingerprint density at radius 3 is 2.47 bits per heavy atom. The van der Waals surface area contributed by atoms with Crippen LogP contribution in [0.4, 0.5) is 0 Å². The first-order chi connectivity index (χ1) is 7.22. The molecular formula is C14H28O. The van der Waals surface area contributed by atoms with E-state index in [1.165, 1.54) is 44.9 Å². The Morgan fingerprint density at radius 2 is 1.87 bits per heavy atom. The monoisotopic (exact) mass is 212 g/mol. The Hall–Kier alpha value is -0.0400. The van der Waals surface area contributed by atoms with Crippen molar-refractivity contribution in [2.24, 2.45) is 11.8 Å². The normalized spacial score (nSPS) is 29.0. The third kappa shape index (κ3) is 5.55. The van der Waals surface area contributed by atoms with Crippen molar-refractivity contribution in [1.82, 2.24) is 0 Å². The fraction of sp³-hybridized carbons (Fsp3) is 1.00. The molecule has 0 aliphatic heterocycles. The zero-order chi connectivity index (χ0) is 11.1. The fourth-order valence-electron chi connectivity index (χ4n) is 2.37. The lowest BCUT2D eigenvalue weighted by Crippen LogP contribution is -2.20. The van der Waals surface area contributed by atoms with Crippen molar-refractivity contribution in [3.8, 4) is 0 Å². The van der Waals surface area contributed by atoms with Gasteiger partial charge < -0.3 is 4.74 Å². The molecular weight excluding hydrogens is 184 g/mol. The molecule has 0 bridgehead atoms. The molecule has 0 aromatic carbocycles. The molecule has 1 rings (SSSR count). The number of unbranched alkanes of at least 4 members (excludes halogenated alkanes) is 1. The van der Waals surface area contributed by atoms with E-state index >= 15 is 0 Å². The van der Waals surface area contributed by atoms with E-state index in [4.69, 9.17) is 4.74 Å². The Balaban J connectivity index is 2.04. The Kier molecular flexibility index (Phi) is 6.31. The van der Waals surface area contributed by atoms with Crippen molar-refractivity contribution in [3.05, 3.63) is 0 Å². The summed E-state index contributed by atoms with van der Waals surface area (Å²) in [4.78, 5) is 0. The van der Waals surface area contributed by atoms with Gasteiger partial charge in [-0.2, -0.15) is 0 Å². The van der Waals surface area contributed by atoms with Gasteiger partial charge in [-0.3, -0.25) is 0 Å². The van der Waals surface area contributed by atoms with Crippen LogP contribution in [0.1, 0.15) is 65.7 Å². The molecule has 0 amide bonds. The molecule has 0 saturated heterocycles. The van der Waals surface area contributed by atoms with Crippen LogP contribution in [0.5, 0.6) is 0 Å². The van der Waals surface area contributed by atoms with Crippen LogP contribution in [0, 0.1) is 11.8 Å². The van der Waals surface area contributed by atoms with Gasteiger partial charge >= 0.3 is 0 Å². The highest BCUT2D eigenvalue weighted by Gasteiger charge is 2.18. The summed E-state index contributed by atoms with van der Waals surface area (Å²) >= 11 is 0. The van der Waals surface area contributed by atoms with E-state index in [0.29, 0.717) is 6.10 Å². The van der Waals surface area contributed by atoms with Gasteiger partial charge in [-0.15, -0.1) is 0 Å². The van der Waals surface area contributed by atoms with Gasteiger partial charge in [0.15, 0.2) is 0 Å². The lowest BCUT2D eigenvalue weighted by atomic mass is 9.83. The summed E-state index contributed by atoms with van der Waals surface area (Å²) in [7, 11) is 0. The van der Waals surface area contributed by atoms with Crippen LogP contribution < -0.4 is 0 Å². The Labute approximate surface area is 95.6 Å². The van der Waals surface area contributed by atoms with Crippen molar-refractivity contribution in [2.75, 3.05) is 6.61 Å². The minimum atomic E-state index is 0.476. The topological polar surface area (TPSA) is 9.23 Å². The highest BCUT2D eigenvalue weighted by atomic mass is 16.5. The summed E-state index contributed by atoms with van der Waals surface area (Å²) in [5, 5.41) is 0. The van der Waals surface area contributed by atoms with Crippen LogP contribution >= 0.6 is 0 Å². The van der Waals surface area contributed by atoms with Gasteiger partial charge in [-0.05, 0) is 38.0 Å². The molecule has 0 radical (unpaired) electrons. The highest BCUT2D eigenvalue weighted by Crippen LogP contribution is 2.28. The van der Waals surface area contributed by atoms with Gasteiger partial charge in [0.25, 0.3) is 0 Å². The van der Waals surface area contributed by atoms with E-state index in [2.05, 4.69) is 20.8 Å². The summed E-state index contributed by atoms with van der Waals surface area (Å²) in [5.41, 5.74) is 0. The third-order valence-corrected chi connectivity index (χ3v) is 3.72. The molecule has 1 nitrogen and oxygen atoms in total. The summed E-state index contributed by atoms with van der Waals surface area (Å²) in [5.74, 6) is 1.81. The second-order valence-electron chi connectivity index (χ2n) is 5.41. The molecule has 0 N–H and O–H groups in total. The van der Waals surface area contributed by atoms with Crippen LogP contribution in [-0.4, -0.2) is 12.7 Å². The van der Waals surface area contributed by atoms with Crippen molar-refractivity contribution in [1.29, 1.82) is 0 Å². The summed E-state index contributed by atoms with van der Waals surface area (Å²) < 4.78 is 5.92. The molecule has 90 valence electrons. The van der Waals surface area contributed by atoms with Crippen molar-refractivity contribution in [3.63, 3.8) is 0 Å². The number of rotatable bonds is 6. The van der Waals surface area contributed by atoms with E-state index in [9.17, 15) is 0 Å². The molecule has 1 heteroatoms. The highest BCUT2D eigenvalue weighted by molar-refractivity contribution is 4.69. The predicted octanol–water partition coefficient (Wildman–Crippen LogP) is 4.41. The molecule has 0 heterocycles. The van der Waals surface area contributed by atoms with Crippen molar-refractivity contribution in [2.45, 2.75) is 71.8 Å². The van der Waals surface area contributed by atoms with Gasteiger partial charge in [0.2, 0.25) is 0 Å². The van der Waals surface area contributed by atoms with Crippen molar-refractivity contribution < 1.29 is 4.74 Å². The minimum absolute atomic E-state index is 0.476. The van der Waals surface area contributed by atoms with E-state index in [-0.39, 0.29) is 0 Å². The quantitative estimate of drug-likeness (QED) is 0.634. The SMILES string of the molecule is CCCCC(C)OCC1CCC(C)CC1. The van der Waals surface area contributed by atoms with Gasteiger partial charge in [0.1, 0.15) is 0 Å². The minimum Gasteiger partial charge on any atom is -0.378 e. The zero-order valence-corrected chi connectivity index (χ0v) is 10.8. The maximum Gasteiger partial charge on any atom is 0.0547 e. The van der Waals surface area contributed by atoms with E-state index in [1.54, 1.807) is 0 Å². The van der Waals surface area contributed by atoms with Crippen LogP contribution in [0.3, 0.4) is 0 Å². The first-order valence-corrected chi connectivity index (χ1v) is 6.84. The van der Waals surface area contributed by atoms with Crippen molar-refractivity contribution >= 4 is 0 Å². The molecule has 15 heavy (non-hydrogen) atoms. The van der Waals surface area contributed by atoms with E-state index in [1.807, 2.05) is 0 Å². The lowest BCUT2D eigenvalue weighted by Gasteiger charge is -2.27. The molecule has 1 saturated carbocycles. The molecule has 0 aromatic heterocycles. The Morgan fingerprint density at radius 1 is 1.20 bits per heavy atom. The summed E-state index contributed by atoms with van der Waals surface area (Å²) in [6, 6.07) is 0. The van der Waals surface area contributed by atoms with Gasteiger partial charge in [-0.1, -0.05) is 39.5 Å². The fourth-order valence-corrected chi connectivity index (χ4v) is 2.37. The Bertz CT molecular complexity index is 147. The first kappa shape index (κ1) is 13.0. The standard InChI is InChI=1S/C14H28O/c1-4-5-6-13(3)15-11-14-9-7-12(2)8-10-14/h12-14H,4-11H2,1-3H3. The van der Waals surface area contributed by atoms with E-state index < -0.39 is 0 Å². The molecule has 1 atom stereocenters. The smallest absolute Gasteiger partial charge is 0.0547 e. The molecule has 0 aromatic rings. The predicted molar refractivity (Wildman–Crippen MR) is 66.1 cm³/mol. The number of ether oxygens (including phenoxy) is 1. The summed E-state index contributed by atoms with van der Waals surface area (Å²) in [6.07, 6.45) is 9.92. The molecule has 1 aliphatic carbocycles. The third-order valence-electron chi connectivity index (χ3n) is 3.72. The van der Waals surface area contributed by atoms with Crippen LogP contribution in [0.2, 0.25) is 0 Å². The van der Waals surface area contributed by atoms with Crippen LogP contribution in [-0.2, 0) is 4.74 Å². The number of hydrogen-bond acceptors (Lipinski definition) is 1. The average Bonchev–Trinajstić information content (AvgIpc) is 2.25. The zero-order valence-electron chi connectivity index (χ0n) is 10.8.